The molecular weight excluding hydrogens is 352 g/mol. The fraction of sp³-hybridized carbons (Fsp3) is 0.0870. The molecule has 0 aromatic heterocycles. The van der Waals surface area contributed by atoms with Gasteiger partial charge in [0.1, 0.15) is 12.4 Å². The van der Waals surface area contributed by atoms with Crippen molar-refractivity contribution in [2.24, 2.45) is 0 Å². The first kappa shape index (κ1) is 18.9. The molecule has 0 unspecified atom stereocenters. The number of aryl methyl sites for hydroxylation is 1. The Morgan fingerprint density at radius 2 is 1.82 bits per heavy atom. The van der Waals surface area contributed by atoms with Crippen LogP contribution in [0.5, 0.6) is 5.75 Å². The van der Waals surface area contributed by atoms with Gasteiger partial charge in [0.05, 0.1) is 16.6 Å². The second kappa shape index (κ2) is 8.65. The fourth-order valence-electron chi connectivity index (χ4n) is 2.65. The highest BCUT2D eigenvalue weighted by molar-refractivity contribution is 5.89. The maximum absolute atomic E-state index is 10.8. The van der Waals surface area contributed by atoms with Gasteiger partial charge in [0.15, 0.2) is 0 Å². The highest BCUT2D eigenvalue weighted by atomic mass is 16.6. The van der Waals surface area contributed by atoms with Crippen LogP contribution in [0.2, 0.25) is 0 Å². The Morgan fingerprint density at radius 1 is 1.11 bits per heavy atom. The molecule has 0 radical (unpaired) electrons. The van der Waals surface area contributed by atoms with Gasteiger partial charge in [-0.3, -0.25) is 10.1 Å². The van der Waals surface area contributed by atoms with Crippen molar-refractivity contribution in [1.29, 1.82) is 5.26 Å². The topological polar surface area (TPSA) is 76.2 Å². The zero-order chi connectivity index (χ0) is 19.9. The third-order valence-corrected chi connectivity index (χ3v) is 4.20. The van der Waals surface area contributed by atoms with Gasteiger partial charge in [0.2, 0.25) is 0 Å². The third-order valence-electron chi connectivity index (χ3n) is 4.20. The summed E-state index contributed by atoms with van der Waals surface area (Å²) < 4.78 is 5.85. The summed E-state index contributed by atoms with van der Waals surface area (Å²) in [6.07, 6.45) is 1.74. The minimum Gasteiger partial charge on any atom is -0.489 e. The van der Waals surface area contributed by atoms with Gasteiger partial charge in [0, 0.05) is 12.1 Å². The quantitative estimate of drug-likeness (QED) is 0.247. The first-order chi connectivity index (χ1) is 13.5. The van der Waals surface area contributed by atoms with Gasteiger partial charge in [-0.1, -0.05) is 42.0 Å². The maximum Gasteiger partial charge on any atom is 0.269 e. The summed E-state index contributed by atoms with van der Waals surface area (Å²) in [6, 6.07) is 23.7. The number of ether oxygens (including phenoxy) is 1. The van der Waals surface area contributed by atoms with Gasteiger partial charge < -0.3 is 4.74 Å². The minimum absolute atomic E-state index is 0.00690. The number of non-ortho nitro benzene ring substituents is 1. The Balaban J connectivity index is 1.76. The Morgan fingerprint density at radius 3 is 2.46 bits per heavy atom. The molecule has 0 atom stereocenters. The molecule has 5 nitrogen and oxygen atoms in total. The highest BCUT2D eigenvalue weighted by Gasteiger charge is 2.07. The molecule has 0 bridgehead atoms. The van der Waals surface area contributed by atoms with E-state index in [0.29, 0.717) is 23.5 Å². The van der Waals surface area contributed by atoms with Crippen molar-refractivity contribution in [2.75, 3.05) is 0 Å². The molecule has 0 aliphatic rings. The molecule has 0 heterocycles. The van der Waals surface area contributed by atoms with E-state index in [1.807, 2.05) is 55.5 Å². The minimum atomic E-state index is -0.464. The second-order valence-corrected chi connectivity index (χ2v) is 6.32. The van der Waals surface area contributed by atoms with E-state index in [-0.39, 0.29) is 5.69 Å². The zero-order valence-corrected chi connectivity index (χ0v) is 15.3. The summed E-state index contributed by atoms with van der Waals surface area (Å²) in [6.45, 7) is 2.50. The van der Waals surface area contributed by atoms with Crippen molar-refractivity contribution >= 4 is 17.3 Å². The Labute approximate surface area is 163 Å². The third kappa shape index (κ3) is 4.83. The normalized spacial score (nSPS) is 10.9. The number of nitro groups is 1. The van der Waals surface area contributed by atoms with E-state index in [1.165, 1.54) is 17.7 Å². The predicted octanol–water partition coefficient (Wildman–Crippen LogP) is 5.55. The van der Waals surface area contributed by atoms with Crippen molar-refractivity contribution in [3.8, 4) is 11.8 Å². The summed E-state index contributed by atoms with van der Waals surface area (Å²) >= 11 is 0. The SMILES string of the molecule is Cc1ccc(COc2cccc(/C=C(/C#N)c3ccc([N+](=O)[O-])cc3)c2)cc1. The van der Waals surface area contributed by atoms with Crippen molar-refractivity contribution in [3.05, 3.63) is 105 Å². The average molecular weight is 370 g/mol. The number of hydrogen-bond donors (Lipinski definition) is 0. The number of benzene rings is 3. The van der Waals surface area contributed by atoms with Crippen molar-refractivity contribution in [1.82, 2.24) is 0 Å². The lowest BCUT2D eigenvalue weighted by Crippen LogP contribution is -1.95. The molecule has 138 valence electrons. The predicted molar refractivity (Wildman–Crippen MR) is 109 cm³/mol. The monoisotopic (exact) mass is 370 g/mol. The zero-order valence-electron chi connectivity index (χ0n) is 15.3. The highest BCUT2D eigenvalue weighted by Crippen LogP contribution is 2.23. The maximum atomic E-state index is 10.8. The summed E-state index contributed by atoms with van der Waals surface area (Å²) in [5.41, 5.74) is 4.13. The number of hydrogen-bond acceptors (Lipinski definition) is 4. The summed E-state index contributed by atoms with van der Waals surface area (Å²) in [5, 5.41) is 20.3. The van der Waals surface area contributed by atoms with Gasteiger partial charge in [0.25, 0.3) is 5.69 Å². The van der Waals surface area contributed by atoms with Crippen LogP contribution in [-0.2, 0) is 6.61 Å². The lowest BCUT2D eigenvalue weighted by atomic mass is 10.0. The molecule has 5 heteroatoms. The van der Waals surface area contributed by atoms with Gasteiger partial charge >= 0.3 is 0 Å². The van der Waals surface area contributed by atoms with E-state index >= 15 is 0 Å². The Hall–Kier alpha value is -3.91. The van der Waals surface area contributed by atoms with E-state index in [1.54, 1.807) is 18.2 Å². The van der Waals surface area contributed by atoms with Gasteiger partial charge in [-0.15, -0.1) is 0 Å². The van der Waals surface area contributed by atoms with Crippen LogP contribution < -0.4 is 4.74 Å². The first-order valence-corrected chi connectivity index (χ1v) is 8.70. The van der Waals surface area contributed by atoms with Gasteiger partial charge in [-0.2, -0.15) is 5.26 Å². The molecule has 0 spiro atoms. The van der Waals surface area contributed by atoms with Crippen LogP contribution in [0, 0.1) is 28.4 Å². The Kier molecular flexibility index (Phi) is 5.83. The number of nitriles is 1. The molecule has 0 saturated heterocycles. The van der Waals surface area contributed by atoms with Gasteiger partial charge in [-0.05, 0) is 54.0 Å². The van der Waals surface area contributed by atoms with Crippen molar-refractivity contribution < 1.29 is 9.66 Å². The largest absolute Gasteiger partial charge is 0.489 e. The first-order valence-electron chi connectivity index (χ1n) is 8.70. The molecule has 0 fully saturated rings. The molecule has 3 aromatic rings. The molecule has 0 N–H and O–H groups in total. The van der Waals surface area contributed by atoms with E-state index in [2.05, 4.69) is 6.07 Å². The molecule has 0 saturated carbocycles. The molecule has 28 heavy (non-hydrogen) atoms. The molecular formula is C23H18N2O3. The van der Waals surface area contributed by atoms with E-state index in [0.717, 1.165) is 11.1 Å². The van der Waals surface area contributed by atoms with E-state index in [9.17, 15) is 15.4 Å². The van der Waals surface area contributed by atoms with Gasteiger partial charge in [-0.25, -0.2) is 0 Å². The smallest absolute Gasteiger partial charge is 0.269 e. The van der Waals surface area contributed by atoms with Crippen molar-refractivity contribution in [2.45, 2.75) is 13.5 Å². The number of rotatable bonds is 6. The molecule has 3 aromatic carbocycles. The lowest BCUT2D eigenvalue weighted by molar-refractivity contribution is -0.384. The van der Waals surface area contributed by atoms with E-state index < -0.39 is 4.92 Å². The van der Waals surface area contributed by atoms with E-state index in [4.69, 9.17) is 4.74 Å². The summed E-state index contributed by atoms with van der Waals surface area (Å²) in [5.74, 6) is 0.704. The van der Waals surface area contributed by atoms with Crippen LogP contribution in [0.25, 0.3) is 11.6 Å². The number of nitro benzene ring substituents is 1. The number of allylic oxidation sites excluding steroid dienone is 1. The molecule has 0 aliphatic carbocycles. The van der Waals surface area contributed by atoms with Crippen LogP contribution in [0.1, 0.15) is 22.3 Å². The van der Waals surface area contributed by atoms with Crippen LogP contribution in [0.3, 0.4) is 0 Å². The lowest BCUT2D eigenvalue weighted by Gasteiger charge is -2.08. The van der Waals surface area contributed by atoms with Crippen LogP contribution >= 0.6 is 0 Å². The second-order valence-electron chi connectivity index (χ2n) is 6.32. The Bertz CT molecular complexity index is 1050. The summed E-state index contributed by atoms with van der Waals surface area (Å²) in [7, 11) is 0. The summed E-state index contributed by atoms with van der Waals surface area (Å²) in [4.78, 5) is 10.3. The number of nitrogens with zero attached hydrogens (tertiary/aromatic N) is 2. The average Bonchev–Trinajstić information content (AvgIpc) is 2.72. The standard InChI is InChI=1S/C23H18N2O3/c1-17-5-7-18(8-6-17)16-28-23-4-2-3-19(14-23)13-21(15-24)20-9-11-22(12-10-20)25(26)27/h2-14H,16H2,1H3/b21-13-. The van der Waals surface area contributed by atoms with Crippen LogP contribution in [0.15, 0.2) is 72.8 Å². The van der Waals surface area contributed by atoms with Crippen molar-refractivity contribution in [3.63, 3.8) is 0 Å². The fourth-order valence-corrected chi connectivity index (χ4v) is 2.65. The van der Waals surface area contributed by atoms with Crippen LogP contribution in [0.4, 0.5) is 5.69 Å². The molecule has 0 aliphatic heterocycles. The molecule has 0 amide bonds. The van der Waals surface area contributed by atoms with Crippen LogP contribution in [-0.4, -0.2) is 4.92 Å². The molecule has 3 rings (SSSR count).